The quantitative estimate of drug-likeness (QED) is 0.721. The maximum atomic E-state index is 5.22. The Hall–Kier alpha value is -0.0800. The van der Waals surface area contributed by atoms with Crippen LogP contribution in [0.1, 0.15) is 40.5 Å². The molecule has 0 spiro atoms. The zero-order valence-electron chi connectivity index (χ0n) is 11.4. The van der Waals surface area contributed by atoms with E-state index in [4.69, 9.17) is 9.47 Å². The van der Waals surface area contributed by atoms with Gasteiger partial charge in [-0.2, -0.15) is 0 Å². The number of hydrogen-bond acceptors (Lipinski definition) is 2. The van der Waals surface area contributed by atoms with Crippen molar-refractivity contribution in [1.82, 2.24) is 0 Å². The molecule has 0 N–H and O–H groups in total. The van der Waals surface area contributed by atoms with Crippen LogP contribution in [0.5, 0.6) is 0 Å². The predicted octanol–water partition coefficient (Wildman–Crippen LogP) is 3.36. The Labute approximate surface area is 101 Å². The van der Waals surface area contributed by atoms with Gasteiger partial charge in [0.1, 0.15) is 0 Å². The van der Waals surface area contributed by atoms with E-state index in [9.17, 15) is 0 Å². The second kappa shape index (κ2) is 7.29. The zero-order chi connectivity index (χ0) is 12.0. The molecule has 0 aromatic carbocycles. The maximum Gasteiger partial charge on any atom is 0.0497 e. The van der Waals surface area contributed by atoms with Gasteiger partial charge in [-0.1, -0.05) is 27.7 Å². The molecule has 2 heteroatoms. The summed E-state index contributed by atoms with van der Waals surface area (Å²) in [6, 6.07) is 0. The van der Waals surface area contributed by atoms with Crippen LogP contribution < -0.4 is 0 Å². The Morgan fingerprint density at radius 3 is 1.25 bits per heavy atom. The average Bonchev–Trinajstić information content (AvgIpc) is 2.93. The maximum absolute atomic E-state index is 5.22. The van der Waals surface area contributed by atoms with Gasteiger partial charge in [0, 0.05) is 26.4 Å². The smallest absolute Gasteiger partial charge is 0.0497 e. The lowest BCUT2D eigenvalue weighted by atomic mass is 9.96. The normalized spacial score (nSPS) is 29.6. The van der Waals surface area contributed by atoms with E-state index in [1.165, 1.54) is 12.8 Å². The molecule has 2 atom stereocenters. The lowest BCUT2D eigenvalue weighted by Gasteiger charge is -2.09. The van der Waals surface area contributed by atoms with Crippen LogP contribution in [0.2, 0.25) is 0 Å². The number of hydrogen-bond donors (Lipinski definition) is 0. The fourth-order valence-corrected chi connectivity index (χ4v) is 2.16. The molecule has 0 bridgehead atoms. The van der Waals surface area contributed by atoms with Crippen molar-refractivity contribution < 1.29 is 9.47 Å². The first kappa shape index (κ1) is 14.0. The van der Waals surface area contributed by atoms with Crippen LogP contribution in [-0.2, 0) is 9.47 Å². The largest absolute Gasteiger partial charge is 0.381 e. The van der Waals surface area contributed by atoms with Crippen LogP contribution in [0, 0.1) is 23.7 Å². The standard InChI is InChI=1S/2C7H14O/c2*1-6(2)7-3-4-8-5-7/h2*6-7H,3-5H2,1-2H3/t2*7-/m10/s1. The summed E-state index contributed by atoms with van der Waals surface area (Å²) in [5.74, 6) is 3.32. The third-order valence-corrected chi connectivity index (χ3v) is 3.82. The van der Waals surface area contributed by atoms with Crippen molar-refractivity contribution >= 4 is 0 Å². The highest BCUT2D eigenvalue weighted by atomic mass is 16.5. The molecule has 2 aliphatic rings. The van der Waals surface area contributed by atoms with Crippen molar-refractivity contribution in [2.45, 2.75) is 40.5 Å². The summed E-state index contributed by atoms with van der Waals surface area (Å²) in [6.07, 6.45) is 2.55. The van der Waals surface area contributed by atoms with Gasteiger partial charge in [-0.05, 0) is 36.5 Å². The van der Waals surface area contributed by atoms with Crippen LogP contribution in [0.15, 0.2) is 0 Å². The average molecular weight is 228 g/mol. The molecule has 0 amide bonds. The monoisotopic (exact) mass is 228 g/mol. The summed E-state index contributed by atoms with van der Waals surface area (Å²) in [6.45, 7) is 13.0. The summed E-state index contributed by atoms with van der Waals surface area (Å²) >= 11 is 0. The second-order valence-corrected chi connectivity index (χ2v) is 5.74. The first-order chi connectivity index (χ1) is 7.61. The molecule has 2 fully saturated rings. The Morgan fingerprint density at radius 2 is 1.12 bits per heavy atom. The van der Waals surface area contributed by atoms with Crippen molar-refractivity contribution in [3.05, 3.63) is 0 Å². The van der Waals surface area contributed by atoms with Crippen molar-refractivity contribution in [2.24, 2.45) is 23.7 Å². The molecule has 0 radical (unpaired) electrons. The van der Waals surface area contributed by atoms with Gasteiger partial charge in [-0.25, -0.2) is 0 Å². The Morgan fingerprint density at radius 1 is 0.750 bits per heavy atom. The molecule has 0 saturated carbocycles. The molecule has 2 rings (SSSR count). The Balaban J connectivity index is 0.000000160. The van der Waals surface area contributed by atoms with E-state index in [2.05, 4.69) is 27.7 Å². The summed E-state index contributed by atoms with van der Waals surface area (Å²) in [5.41, 5.74) is 0. The minimum atomic E-state index is 0.817. The molecule has 2 aliphatic heterocycles. The van der Waals surface area contributed by atoms with Crippen LogP contribution >= 0.6 is 0 Å². The summed E-state index contributed by atoms with van der Waals surface area (Å²) in [4.78, 5) is 0. The highest BCUT2D eigenvalue weighted by molar-refractivity contribution is 4.67. The van der Waals surface area contributed by atoms with Gasteiger partial charge in [-0.3, -0.25) is 0 Å². The first-order valence-electron chi connectivity index (χ1n) is 6.76. The van der Waals surface area contributed by atoms with Crippen molar-refractivity contribution in [3.63, 3.8) is 0 Å². The van der Waals surface area contributed by atoms with Gasteiger partial charge in [0.25, 0.3) is 0 Å². The topological polar surface area (TPSA) is 18.5 Å². The van der Waals surface area contributed by atoms with Gasteiger partial charge in [0.2, 0.25) is 0 Å². The van der Waals surface area contributed by atoms with Crippen molar-refractivity contribution in [3.8, 4) is 0 Å². The van der Waals surface area contributed by atoms with Crippen molar-refractivity contribution in [1.29, 1.82) is 0 Å². The zero-order valence-corrected chi connectivity index (χ0v) is 11.4. The van der Waals surface area contributed by atoms with Gasteiger partial charge in [-0.15, -0.1) is 0 Å². The fourth-order valence-electron chi connectivity index (χ4n) is 2.16. The van der Waals surface area contributed by atoms with Gasteiger partial charge >= 0.3 is 0 Å². The lowest BCUT2D eigenvalue weighted by molar-refractivity contribution is 0.176. The summed E-state index contributed by atoms with van der Waals surface area (Å²) in [7, 11) is 0. The summed E-state index contributed by atoms with van der Waals surface area (Å²) in [5, 5.41) is 0. The van der Waals surface area contributed by atoms with Crippen LogP contribution in [0.3, 0.4) is 0 Å². The summed E-state index contributed by atoms with van der Waals surface area (Å²) < 4.78 is 10.4. The predicted molar refractivity (Wildman–Crippen MR) is 67.5 cm³/mol. The molecule has 0 aromatic heterocycles. The molecule has 2 nitrogen and oxygen atoms in total. The molecule has 96 valence electrons. The molecule has 0 unspecified atom stereocenters. The minimum Gasteiger partial charge on any atom is -0.381 e. The van der Waals surface area contributed by atoms with E-state index in [-0.39, 0.29) is 0 Å². The van der Waals surface area contributed by atoms with E-state index in [0.717, 1.165) is 50.1 Å². The Bertz CT molecular complexity index is 146. The molecule has 0 aromatic rings. The Kier molecular flexibility index (Phi) is 6.37. The molecule has 0 aliphatic carbocycles. The van der Waals surface area contributed by atoms with E-state index in [1.54, 1.807) is 0 Å². The molecule has 16 heavy (non-hydrogen) atoms. The van der Waals surface area contributed by atoms with Gasteiger partial charge < -0.3 is 9.47 Å². The number of rotatable bonds is 2. The second-order valence-electron chi connectivity index (χ2n) is 5.74. The number of ether oxygens (including phenoxy) is 2. The highest BCUT2D eigenvalue weighted by Crippen LogP contribution is 2.20. The van der Waals surface area contributed by atoms with Gasteiger partial charge in [0.05, 0.1) is 0 Å². The molecular formula is C14H28O2. The van der Waals surface area contributed by atoms with E-state index in [1.807, 2.05) is 0 Å². The SMILES string of the molecule is CC(C)[C@@H]1CCOC1.CC(C)[C@H]1CCOC1. The highest BCUT2D eigenvalue weighted by Gasteiger charge is 2.18. The van der Waals surface area contributed by atoms with Crippen LogP contribution in [-0.4, -0.2) is 26.4 Å². The van der Waals surface area contributed by atoms with E-state index < -0.39 is 0 Å². The lowest BCUT2D eigenvalue weighted by Crippen LogP contribution is -2.06. The first-order valence-corrected chi connectivity index (χ1v) is 6.76. The van der Waals surface area contributed by atoms with Crippen LogP contribution in [0.4, 0.5) is 0 Å². The molecule has 2 saturated heterocycles. The van der Waals surface area contributed by atoms with Crippen LogP contribution in [0.25, 0.3) is 0 Å². The molecule has 2 heterocycles. The van der Waals surface area contributed by atoms with Gasteiger partial charge in [0.15, 0.2) is 0 Å². The fraction of sp³-hybridized carbons (Fsp3) is 1.00. The van der Waals surface area contributed by atoms with Crippen molar-refractivity contribution in [2.75, 3.05) is 26.4 Å². The van der Waals surface area contributed by atoms with E-state index >= 15 is 0 Å². The minimum absolute atomic E-state index is 0.817. The third-order valence-electron chi connectivity index (χ3n) is 3.82. The van der Waals surface area contributed by atoms with E-state index in [0.29, 0.717) is 0 Å². The molecular weight excluding hydrogens is 200 g/mol. The third kappa shape index (κ3) is 4.84.